The minimum atomic E-state index is -0.646. The Balaban J connectivity index is 1.92. The number of nitrogens with one attached hydrogen (secondary N) is 1. The number of carbonyl (C=O) groups is 1. The molecule has 2 aromatic heterocycles. The predicted octanol–water partition coefficient (Wildman–Crippen LogP) is 3.88. The molecule has 140 valence electrons. The van der Waals surface area contributed by atoms with Crippen molar-refractivity contribution >= 4 is 23.3 Å². The van der Waals surface area contributed by atoms with Gasteiger partial charge in [0, 0.05) is 35.5 Å². The van der Waals surface area contributed by atoms with Crippen LogP contribution in [0, 0.1) is 11.7 Å². The van der Waals surface area contributed by atoms with E-state index in [-0.39, 0.29) is 5.91 Å². The number of H-pyrrole nitrogens is 1. The maximum absolute atomic E-state index is 14.8. The lowest BCUT2D eigenvalue weighted by Gasteiger charge is -2.25. The second-order valence-electron chi connectivity index (χ2n) is 7.15. The first-order valence-corrected chi connectivity index (χ1v) is 9.10. The summed E-state index contributed by atoms with van der Waals surface area (Å²) in [5, 5.41) is 11.9. The highest BCUT2D eigenvalue weighted by Gasteiger charge is 2.44. The highest BCUT2D eigenvalue weighted by Crippen LogP contribution is 2.43. The highest BCUT2D eigenvalue weighted by atomic mass is 35.5. The van der Waals surface area contributed by atoms with Crippen LogP contribution in [0.1, 0.15) is 47.2 Å². The summed E-state index contributed by atoms with van der Waals surface area (Å²) in [6, 6.07) is 5.60. The number of aromatic amines is 1. The minimum absolute atomic E-state index is 0.273. The fourth-order valence-corrected chi connectivity index (χ4v) is 3.70. The van der Waals surface area contributed by atoms with E-state index in [9.17, 15) is 9.18 Å². The molecule has 1 N–H and O–H groups in total. The van der Waals surface area contributed by atoms with Crippen molar-refractivity contribution in [3.8, 4) is 0 Å². The van der Waals surface area contributed by atoms with E-state index in [0.717, 1.165) is 5.69 Å². The van der Waals surface area contributed by atoms with Crippen LogP contribution in [-0.4, -0.2) is 25.9 Å². The summed E-state index contributed by atoms with van der Waals surface area (Å²) in [7, 11) is 1.77. The van der Waals surface area contributed by atoms with Crippen LogP contribution in [0.3, 0.4) is 0 Å². The molecule has 0 aliphatic carbocycles. The van der Waals surface area contributed by atoms with Crippen LogP contribution in [-0.2, 0) is 13.5 Å². The Kier molecular flexibility index (Phi) is 4.26. The maximum Gasteiger partial charge on any atom is 0.278 e. The Bertz CT molecular complexity index is 1030. The quantitative estimate of drug-likeness (QED) is 0.738. The summed E-state index contributed by atoms with van der Waals surface area (Å²) in [5.74, 6) is 0.0606. The van der Waals surface area contributed by atoms with E-state index < -0.39 is 11.9 Å². The first kappa shape index (κ1) is 17.7. The van der Waals surface area contributed by atoms with Crippen molar-refractivity contribution < 1.29 is 9.18 Å². The number of halogens is 2. The topological polar surface area (TPSA) is 66.8 Å². The normalized spacial score (nSPS) is 16.4. The summed E-state index contributed by atoms with van der Waals surface area (Å²) in [6.45, 7) is 4.15. The average Bonchev–Trinajstić information content (AvgIpc) is 3.25. The molecule has 0 spiro atoms. The fourth-order valence-electron chi connectivity index (χ4n) is 3.54. The number of hydrogen-bond donors (Lipinski definition) is 1. The van der Waals surface area contributed by atoms with Gasteiger partial charge in [0.15, 0.2) is 5.82 Å². The highest BCUT2D eigenvalue weighted by molar-refractivity contribution is 6.30. The van der Waals surface area contributed by atoms with Crippen molar-refractivity contribution in [2.75, 3.05) is 4.90 Å². The zero-order valence-corrected chi connectivity index (χ0v) is 16.0. The number of nitrogens with zero attached hydrogens (tertiary/aromatic N) is 4. The van der Waals surface area contributed by atoms with Crippen LogP contribution in [0.15, 0.2) is 30.5 Å². The molecule has 4 rings (SSSR count). The number of carbonyl (C=O) groups excluding carboxylic acids is 1. The second kappa shape index (κ2) is 6.49. The van der Waals surface area contributed by atoms with Crippen molar-refractivity contribution in [1.29, 1.82) is 0 Å². The maximum atomic E-state index is 14.8. The first-order valence-electron chi connectivity index (χ1n) is 8.72. The van der Waals surface area contributed by atoms with Gasteiger partial charge in [-0.05, 0) is 24.5 Å². The number of fused-ring (bicyclic) bond motifs is 1. The summed E-state index contributed by atoms with van der Waals surface area (Å²) in [5.41, 5.74) is 2.23. The third kappa shape index (κ3) is 2.92. The van der Waals surface area contributed by atoms with Crippen molar-refractivity contribution in [3.63, 3.8) is 0 Å². The van der Waals surface area contributed by atoms with E-state index in [0.29, 0.717) is 40.0 Å². The van der Waals surface area contributed by atoms with Crippen LogP contribution < -0.4 is 4.90 Å². The Morgan fingerprint density at radius 2 is 2.11 bits per heavy atom. The largest absolute Gasteiger partial charge is 0.278 e. The van der Waals surface area contributed by atoms with Gasteiger partial charge >= 0.3 is 0 Å². The molecule has 0 radical (unpaired) electrons. The van der Waals surface area contributed by atoms with Gasteiger partial charge in [0.05, 0.1) is 11.7 Å². The van der Waals surface area contributed by atoms with Crippen LogP contribution in [0.4, 0.5) is 10.2 Å². The molecule has 3 heterocycles. The van der Waals surface area contributed by atoms with Crippen LogP contribution in [0.25, 0.3) is 0 Å². The van der Waals surface area contributed by atoms with Crippen molar-refractivity contribution in [2.24, 2.45) is 13.0 Å². The van der Waals surface area contributed by atoms with Crippen LogP contribution in [0.5, 0.6) is 0 Å². The third-order valence-electron chi connectivity index (χ3n) is 4.65. The molecule has 0 saturated carbocycles. The lowest BCUT2D eigenvalue weighted by atomic mass is 9.95. The molecule has 27 heavy (non-hydrogen) atoms. The average molecular weight is 388 g/mol. The van der Waals surface area contributed by atoms with Gasteiger partial charge in [-0.15, -0.1) is 0 Å². The monoisotopic (exact) mass is 387 g/mol. The predicted molar refractivity (Wildman–Crippen MR) is 100 cm³/mol. The number of anilines is 1. The second-order valence-corrected chi connectivity index (χ2v) is 7.58. The molecule has 1 aromatic carbocycles. The first-order chi connectivity index (χ1) is 12.9. The van der Waals surface area contributed by atoms with Gasteiger partial charge in [0.2, 0.25) is 0 Å². The summed E-state index contributed by atoms with van der Waals surface area (Å²) < 4.78 is 16.4. The van der Waals surface area contributed by atoms with E-state index in [1.807, 2.05) is 0 Å². The van der Waals surface area contributed by atoms with Crippen molar-refractivity contribution in [1.82, 2.24) is 20.0 Å². The van der Waals surface area contributed by atoms with Gasteiger partial charge in [0.25, 0.3) is 5.91 Å². The summed E-state index contributed by atoms with van der Waals surface area (Å²) in [6.07, 6.45) is 2.43. The molecule has 3 aromatic rings. The molecule has 1 unspecified atom stereocenters. The minimum Gasteiger partial charge on any atom is -0.278 e. The Morgan fingerprint density at radius 1 is 1.33 bits per heavy atom. The number of amides is 1. The lowest BCUT2D eigenvalue weighted by molar-refractivity contribution is 0.0987. The van der Waals surface area contributed by atoms with Crippen LogP contribution >= 0.6 is 11.6 Å². The molecular formula is C19H19ClFN5O. The number of hydrogen-bond acceptors (Lipinski definition) is 3. The zero-order chi connectivity index (χ0) is 19.3. The number of benzene rings is 1. The number of aryl methyl sites for hydroxylation is 1. The molecule has 0 saturated heterocycles. The Hall–Kier alpha value is -2.67. The molecule has 8 heteroatoms. The standard InChI is InChI=1S/C19H19ClFN5O/c1-10(2)8-14-16-17(23-22-14)19(27)26(15-6-7-25(3)24-15)18(16)12-5-4-11(20)9-13(12)21/h4-7,9-10,18H,8H2,1-3H3,(H,22,23). The molecule has 6 nitrogen and oxygen atoms in total. The van der Waals surface area contributed by atoms with E-state index in [2.05, 4.69) is 29.1 Å². The molecule has 0 fully saturated rings. The molecular weight excluding hydrogens is 369 g/mol. The fraction of sp³-hybridized carbons (Fsp3) is 0.316. The van der Waals surface area contributed by atoms with Crippen molar-refractivity contribution in [2.45, 2.75) is 26.3 Å². The van der Waals surface area contributed by atoms with Gasteiger partial charge in [0.1, 0.15) is 11.5 Å². The Morgan fingerprint density at radius 3 is 2.74 bits per heavy atom. The summed E-state index contributed by atoms with van der Waals surface area (Å²) >= 11 is 5.93. The van der Waals surface area contributed by atoms with Gasteiger partial charge in [-0.25, -0.2) is 4.39 Å². The zero-order valence-electron chi connectivity index (χ0n) is 15.2. The lowest BCUT2D eigenvalue weighted by Crippen LogP contribution is -2.30. The molecule has 0 bridgehead atoms. The third-order valence-corrected chi connectivity index (χ3v) is 4.89. The van der Waals surface area contributed by atoms with Gasteiger partial charge < -0.3 is 0 Å². The molecule has 1 aliphatic heterocycles. The number of rotatable bonds is 4. The van der Waals surface area contributed by atoms with Crippen LogP contribution in [0.2, 0.25) is 5.02 Å². The van der Waals surface area contributed by atoms with E-state index >= 15 is 0 Å². The van der Waals surface area contributed by atoms with Gasteiger partial charge in [-0.2, -0.15) is 10.2 Å². The van der Waals surface area contributed by atoms with Crippen molar-refractivity contribution in [3.05, 3.63) is 63.8 Å². The van der Waals surface area contributed by atoms with E-state index in [1.54, 1.807) is 36.1 Å². The van der Waals surface area contributed by atoms with E-state index in [4.69, 9.17) is 11.6 Å². The van der Waals surface area contributed by atoms with E-state index in [1.165, 1.54) is 11.0 Å². The smallest absolute Gasteiger partial charge is 0.278 e. The molecule has 1 atom stereocenters. The molecule has 1 aliphatic rings. The molecule has 1 amide bonds. The summed E-state index contributed by atoms with van der Waals surface area (Å²) in [4.78, 5) is 14.6. The SMILES string of the molecule is CC(C)Cc1n[nH]c2c1C(c1ccc(Cl)cc1F)N(c1ccn(C)n1)C2=O. The Labute approximate surface area is 160 Å². The number of aromatic nitrogens is 4. The van der Waals surface area contributed by atoms with Gasteiger partial charge in [-0.3, -0.25) is 19.5 Å². The van der Waals surface area contributed by atoms with Gasteiger partial charge in [-0.1, -0.05) is 31.5 Å².